The molecule has 4 nitrogen and oxygen atoms in total. The lowest BCUT2D eigenvalue weighted by Gasteiger charge is -2.17. The van der Waals surface area contributed by atoms with Crippen LogP contribution < -0.4 is 0 Å². The standard InChI is InChI=1S/C9H12FNO3/c10-9(8(13)14)3-4-11(5-9)7(12)6-1-2-6/h6H,1-5H2,(H,13,14). The summed E-state index contributed by atoms with van der Waals surface area (Å²) in [7, 11) is 0. The van der Waals surface area contributed by atoms with Gasteiger partial charge >= 0.3 is 5.97 Å². The first kappa shape index (κ1) is 9.43. The molecule has 1 aliphatic heterocycles. The van der Waals surface area contributed by atoms with Gasteiger partial charge in [-0.25, -0.2) is 9.18 Å². The number of carboxylic acid groups (broad SMARTS) is 1. The maximum absolute atomic E-state index is 13.5. The Balaban J connectivity index is 2.00. The van der Waals surface area contributed by atoms with Gasteiger partial charge in [0.05, 0.1) is 6.54 Å². The number of likely N-dealkylation sites (tertiary alicyclic amines) is 1. The summed E-state index contributed by atoms with van der Waals surface area (Å²) >= 11 is 0. The van der Waals surface area contributed by atoms with Gasteiger partial charge in [0, 0.05) is 18.9 Å². The summed E-state index contributed by atoms with van der Waals surface area (Å²) in [5.74, 6) is -1.50. The van der Waals surface area contributed by atoms with Gasteiger partial charge in [-0.15, -0.1) is 0 Å². The predicted molar refractivity (Wildman–Crippen MR) is 45.4 cm³/mol. The third-order valence-corrected chi connectivity index (χ3v) is 2.84. The molecular formula is C9H12FNO3. The van der Waals surface area contributed by atoms with E-state index >= 15 is 0 Å². The Labute approximate surface area is 80.7 Å². The summed E-state index contributed by atoms with van der Waals surface area (Å²) in [6.45, 7) is -0.0458. The highest BCUT2D eigenvalue weighted by Gasteiger charge is 2.48. The number of carbonyl (C=O) groups is 2. The maximum atomic E-state index is 13.5. The Bertz CT molecular complexity index is 290. The number of halogens is 1. The second-order valence-corrected chi connectivity index (χ2v) is 4.05. The van der Waals surface area contributed by atoms with E-state index in [1.807, 2.05) is 0 Å². The van der Waals surface area contributed by atoms with Gasteiger partial charge in [-0.2, -0.15) is 0 Å². The van der Waals surface area contributed by atoms with E-state index < -0.39 is 11.6 Å². The molecule has 1 saturated carbocycles. The van der Waals surface area contributed by atoms with Crippen molar-refractivity contribution in [2.45, 2.75) is 24.9 Å². The van der Waals surface area contributed by atoms with Crippen molar-refractivity contribution in [2.24, 2.45) is 5.92 Å². The lowest BCUT2D eigenvalue weighted by atomic mass is 10.1. The number of alkyl halides is 1. The van der Waals surface area contributed by atoms with E-state index in [4.69, 9.17) is 5.11 Å². The fraction of sp³-hybridized carbons (Fsp3) is 0.778. The minimum absolute atomic E-state index is 0.0335. The highest BCUT2D eigenvalue weighted by atomic mass is 19.1. The average molecular weight is 201 g/mol. The Hall–Kier alpha value is -1.13. The third-order valence-electron chi connectivity index (χ3n) is 2.84. The fourth-order valence-corrected chi connectivity index (χ4v) is 1.72. The van der Waals surface area contributed by atoms with E-state index in [2.05, 4.69) is 0 Å². The van der Waals surface area contributed by atoms with Gasteiger partial charge in [0.15, 0.2) is 0 Å². The van der Waals surface area contributed by atoms with Crippen LogP contribution >= 0.6 is 0 Å². The summed E-state index contributed by atoms with van der Waals surface area (Å²) in [5, 5.41) is 8.61. The van der Waals surface area contributed by atoms with Crippen molar-refractivity contribution in [2.75, 3.05) is 13.1 Å². The van der Waals surface area contributed by atoms with Crippen molar-refractivity contribution in [1.29, 1.82) is 0 Å². The normalized spacial score (nSPS) is 31.9. The monoisotopic (exact) mass is 201 g/mol. The zero-order valence-electron chi connectivity index (χ0n) is 7.70. The number of hydrogen-bond acceptors (Lipinski definition) is 2. The van der Waals surface area contributed by atoms with Crippen molar-refractivity contribution < 1.29 is 19.1 Å². The van der Waals surface area contributed by atoms with Crippen LogP contribution in [0.2, 0.25) is 0 Å². The molecule has 1 saturated heterocycles. The van der Waals surface area contributed by atoms with Crippen LogP contribution in [0.3, 0.4) is 0 Å². The molecule has 2 fully saturated rings. The Morgan fingerprint density at radius 2 is 2.07 bits per heavy atom. The molecule has 0 spiro atoms. The number of carboxylic acids is 1. The Morgan fingerprint density at radius 3 is 2.50 bits per heavy atom. The lowest BCUT2D eigenvalue weighted by molar-refractivity contribution is -0.150. The SMILES string of the molecule is O=C(C1CC1)N1CCC(F)(C(=O)O)C1. The zero-order chi connectivity index (χ0) is 10.3. The first-order chi connectivity index (χ1) is 6.53. The summed E-state index contributed by atoms with van der Waals surface area (Å²) in [6.07, 6.45) is 1.64. The maximum Gasteiger partial charge on any atom is 0.343 e. The van der Waals surface area contributed by atoms with Crippen molar-refractivity contribution in [1.82, 2.24) is 4.90 Å². The molecule has 0 radical (unpaired) electrons. The molecule has 78 valence electrons. The second-order valence-electron chi connectivity index (χ2n) is 4.05. The van der Waals surface area contributed by atoms with E-state index in [0.717, 1.165) is 12.8 Å². The summed E-state index contributed by atoms with van der Waals surface area (Å²) < 4.78 is 13.5. The summed E-state index contributed by atoms with van der Waals surface area (Å²) in [5.41, 5.74) is -2.22. The predicted octanol–water partition coefficient (Wildman–Crippen LogP) is 0.422. The first-order valence-electron chi connectivity index (χ1n) is 4.74. The van der Waals surface area contributed by atoms with E-state index in [0.29, 0.717) is 0 Å². The molecule has 14 heavy (non-hydrogen) atoms. The van der Waals surface area contributed by atoms with Crippen LogP contribution in [0.25, 0.3) is 0 Å². The first-order valence-corrected chi connectivity index (χ1v) is 4.74. The smallest absolute Gasteiger partial charge is 0.343 e. The number of aliphatic carboxylic acids is 1. The molecule has 2 aliphatic rings. The molecule has 1 aliphatic carbocycles. The van der Waals surface area contributed by atoms with Crippen molar-refractivity contribution >= 4 is 11.9 Å². The van der Waals surface area contributed by atoms with Gasteiger partial charge in [0.2, 0.25) is 11.6 Å². The molecule has 0 aromatic carbocycles. The molecule has 1 N–H and O–H groups in total. The van der Waals surface area contributed by atoms with Gasteiger partial charge in [0.25, 0.3) is 0 Å². The van der Waals surface area contributed by atoms with Crippen LogP contribution in [0.15, 0.2) is 0 Å². The summed E-state index contributed by atoms with van der Waals surface area (Å²) in [4.78, 5) is 23.4. The van der Waals surface area contributed by atoms with Crippen LogP contribution in [-0.4, -0.2) is 40.6 Å². The highest BCUT2D eigenvalue weighted by molar-refractivity contribution is 5.84. The van der Waals surface area contributed by atoms with Gasteiger partial charge in [-0.3, -0.25) is 4.79 Å². The van der Waals surface area contributed by atoms with Crippen LogP contribution in [0.1, 0.15) is 19.3 Å². The van der Waals surface area contributed by atoms with Gasteiger partial charge in [-0.05, 0) is 12.8 Å². The van der Waals surface area contributed by atoms with E-state index in [1.165, 1.54) is 4.90 Å². The molecule has 1 atom stereocenters. The molecule has 0 bridgehead atoms. The molecule has 1 heterocycles. The molecular weight excluding hydrogens is 189 g/mol. The molecule has 2 rings (SSSR count). The van der Waals surface area contributed by atoms with Crippen LogP contribution in [0.5, 0.6) is 0 Å². The third kappa shape index (κ3) is 1.47. The second kappa shape index (κ2) is 2.93. The average Bonchev–Trinajstić information content (AvgIpc) is 2.89. The number of rotatable bonds is 2. The van der Waals surface area contributed by atoms with Crippen molar-refractivity contribution in [3.63, 3.8) is 0 Å². The number of hydrogen-bond donors (Lipinski definition) is 1. The van der Waals surface area contributed by atoms with Crippen LogP contribution in [-0.2, 0) is 9.59 Å². The van der Waals surface area contributed by atoms with Gasteiger partial charge in [0.1, 0.15) is 0 Å². The topological polar surface area (TPSA) is 57.6 Å². The van der Waals surface area contributed by atoms with E-state index in [1.54, 1.807) is 0 Å². The number of carbonyl (C=O) groups excluding carboxylic acids is 1. The van der Waals surface area contributed by atoms with Gasteiger partial charge < -0.3 is 10.0 Å². The molecule has 5 heteroatoms. The molecule has 0 aromatic heterocycles. The minimum Gasteiger partial charge on any atom is -0.479 e. The fourth-order valence-electron chi connectivity index (χ4n) is 1.72. The molecule has 0 aromatic rings. The number of amides is 1. The van der Waals surface area contributed by atoms with Gasteiger partial charge in [-0.1, -0.05) is 0 Å². The lowest BCUT2D eigenvalue weighted by Crippen LogP contribution is -2.39. The molecule has 1 unspecified atom stereocenters. The van der Waals surface area contributed by atoms with E-state index in [9.17, 15) is 14.0 Å². The zero-order valence-corrected chi connectivity index (χ0v) is 7.70. The van der Waals surface area contributed by atoms with E-state index in [-0.39, 0.29) is 31.3 Å². The molecule has 1 amide bonds. The Kier molecular flexibility index (Phi) is 1.97. The van der Waals surface area contributed by atoms with Crippen molar-refractivity contribution in [3.05, 3.63) is 0 Å². The summed E-state index contributed by atoms with van der Waals surface area (Å²) in [6, 6.07) is 0. The number of nitrogens with zero attached hydrogens (tertiary/aromatic N) is 1. The van der Waals surface area contributed by atoms with Crippen LogP contribution in [0.4, 0.5) is 4.39 Å². The van der Waals surface area contributed by atoms with Crippen LogP contribution in [0, 0.1) is 5.92 Å². The van der Waals surface area contributed by atoms with Crippen molar-refractivity contribution in [3.8, 4) is 0 Å². The largest absolute Gasteiger partial charge is 0.479 e. The Morgan fingerprint density at radius 1 is 1.43 bits per heavy atom. The highest BCUT2D eigenvalue weighted by Crippen LogP contribution is 2.34. The minimum atomic E-state index is -2.22. The quantitative estimate of drug-likeness (QED) is 0.704.